The Labute approximate surface area is 172 Å². The Hall–Kier alpha value is -2.86. The van der Waals surface area contributed by atoms with Crippen molar-refractivity contribution in [2.75, 3.05) is 31.1 Å². The Morgan fingerprint density at radius 1 is 0.828 bits per heavy atom. The van der Waals surface area contributed by atoms with Crippen LogP contribution in [0.25, 0.3) is 0 Å². The number of aryl methyl sites for hydroxylation is 1. The van der Waals surface area contributed by atoms with Crippen LogP contribution in [0.15, 0.2) is 48.5 Å². The molecule has 1 saturated heterocycles. The number of benzene rings is 2. The first-order chi connectivity index (χ1) is 14.0. The fraction of sp³-hybridized carbons (Fsp3) is 0.391. The predicted octanol–water partition coefficient (Wildman–Crippen LogP) is 2.85. The van der Waals surface area contributed by atoms with Crippen LogP contribution in [0, 0.1) is 0 Å². The molecule has 1 heterocycles. The van der Waals surface area contributed by atoms with E-state index in [1.165, 1.54) is 0 Å². The average Bonchev–Trinajstić information content (AvgIpc) is 2.77. The first-order valence-corrected chi connectivity index (χ1v) is 10.3. The zero-order valence-electron chi connectivity index (χ0n) is 17.4. The van der Waals surface area contributed by atoms with Gasteiger partial charge in [0.15, 0.2) is 0 Å². The lowest BCUT2D eigenvalue weighted by Gasteiger charge is -2.38. The highest BCUT2D eigenvalue weighted by atomic mass is 16.2. The molecular formula is C23H30N4O2. The molecule has 6 nitrogen and oxygen atoms in total. The van der Waals surface area contributed by atoms with Crippen molar-refractivity contribution < 1.29 is 9.59 Å². The highest BCUT2D eigenvalue weighted by molar-refractivity contribution is 5.99. The molecule has 0 aromatic heterocycles. The van der Waals surface area contributed by atoms with Gasteiger partial charge < -0.3 is 4.90 Å². The minimum atomic E-state index is -0.334. The molecule has 1 fully saturated rings. The fourth-order valence-corrected chi connectivity index (χ4v) is 3.47. The number of hydrogen-bond donors (Lipinski definition) is 2. The Morgan fingerprint density at radius 2 is 1.31 bits per heavy atom. The van der Waals surface area contributed by atoms with Crippen molar-refractivity contribution in [3.05, 3.63) is 65.2 Å². The van der Waals surface area contributed by atoms with Crippen LogP contribution in [0.2, 0.25) is 0 Å². The standard InChI is InChI=1S/C23H30N4O2/c1-4-18-5-7-19(8-6-18)22(28)24-25-23(29)20-9-11-21(12-10-20)27-15-13-26(14-16-27)17(2)3/h5-12,17H,4,13-16H2,1-3H3,(H,24,28)(H,25,29). The summed E-state index contributed by atoms with van der Waals surface area (Å²) in [5.41, 5.74) is 8.26. The highest BCUT2D eigenvalue weighted by Crippen LogP contribution is 2.18. The number of hydrogen-bond acceptors (Lipinski definition) is 4. The monoisotopic (exact) mass is 394 g/mol. The lowest BCUT2D eigenvalue weighted by Crippen LogP contribution is -2.48. The molecule has 1 aliphatic rings. The molecule has 0 unspecified atom stereocenters. The van der Waals surface area contributed by atoms with Gasteiger partial charge in [0.1, 0.15) is 0 Å². The Balaban J connectivity index is 1.51. The van der Waals surface area contributed by atoms with E-state index in [-0.39, 0.29) is 11.8 Å². The van der Waals surface area contributed by atoms with Crippen molar-refractivity contribution in [2.24, 2.45) is 0 Å². The van der Waals surface area contributed by atoms with E-state index in [4.69, 9.17) is 0 Å². The number of piperazine rings is 1. The maximum absolute atomic E-state index is 12.3. The number of hydrazine groups is 1. The molecule has 0 saturated carbocycles. The zero-order valence-corrected chi connectivity index (χ0v) is 17.4. The second-order valence-corrected chi connectivity index (χ2v) is 7.62. The minimum absolute atomic E-state index is 0.333. The third-order valence-electron chi connectivity index (χ3n) is 5.45. The third kappa shape index (κ3) is 5.35. The normalized spacial score (nSPS) is 14.7. The lowest BCUT2D eigenvalue weighted by molar-refractivity contribution is 0.0846. The van der Waals surface area contributed by atoms with Crippen LogP contribution >= 0.6 is 0 Å². The molecule has 0 spiro atoms. The first kappa shape index (κ1) is 20.9. The van der Waals surface area contributed by atoms with Gasteiger partial charge in [0.2, 0.25) is 0 Å². The molecule has 29 heavy (non-hydrogen) atoms. The van der Waals surface area contributed by atoms with Gasteiger partial charge in [0.25, 0.3) is 11.8 Å². The van der Waals surface area contributed by atoms with E-state index in [1.807, 2.05) is 24.3 Å². The van der Waals surface area contributed by atoms with Gasteiger partial charge in [-0.1, -0.05) is 19.1 Å². The van der Waals surface area contributed by atoms with Crippen molar-refractivity contribution in [1.29, 1.82) is 0 Å². The van der Waals surface area contributed by atoms with Crippen molar-refractivity contribution in [1.82, 2.24) is 15.8 Å². The number of rotatable bonds is 5. The van der Waals surface area contributed by atoms with E-state index in [1.54, 1.807) is 24.3 Å². The van der Waals surface area contributed by atoms with E-state index < -0.39 is 0 Å². The van der Waals surface area contributed by atoms with Crippen LogP contribution in [-0.2, 0) is 6.42 Å². The highest BCUT2D eigenvalue weighted by Gasteiger charge is 2.19. The third-order valence-corrected chi connectivity index (χ3v) is 5.45. The van der Waals surface area contributed by atoms with Gasteiger partial charge >= 0.3 is 0 Å². The average molecular weight is 395 g/mol. The summed E-state index contributed by atoms with van der Waals surface area (Å²) in [6, 6.07) is 15.4. The fourth-order valence-electron chi connectivity index (χ4n) is 3.47. The smallest absolute Gasteiger partial charge is 0.269 e. The summed E-state index contributed by atoms with van der Waals surface area (Å²) in [7, 11) is 0. The first-order valence-electron chi connectivity index (χ1n) is 10.3. The van der Waals surface area contributed by atoms with Gasteiger partial charge in [0.05, 0.1) is 0 Å². The molecule has 0 atom stereocenters. The number of carbonyl (C=O) groups excluding carboxylic acids is 2. The number of nitrogens with zero attached hydrogens (tertiary/aromatic N) is 2. The van der Waals surface area contributed by atoms with Gasteiger partial charge in [0, 0.05) is 49.0 Å². The minimum Gasteiger partial charge on any atom is -0.369 e. The van der Waals surface area contributed by atoms with E-state index >= 15 is 0 Å². The molecule has 0 aliphatic carbocycles. The molecule has 3 rings (SSSR count). The number of carbonyl (C=O) groups is 2. The summed E-state index contributed by atoms with van der Waals surface area (Å²) in [5, 5.41) is 0. The van der Waals surface area contributed by atoms with Gasteiger partial charge in [-0.05, 0) is 62.2 Å². The summed E-state index contributed by atoms with van der Waals surface area (Å²) in [6.07, 6.45) is 0.919. The topological polar surface area (TPSA) is 64.7 Å². The summed E-state index contributed by atoms with van der Waals surface area (Å²) in [5.74, 6) is -0.666. The SMILES string of the molecule is CCc1ccc(C(=O)NNC(=O)c2ccc(N3CCN(C(C)C)CC3)cc2)cc1. The lowest BCUT2D eigenvalue weighted by atomic mass is 10.1. The maximum atomic E-state index is 12.3. The van der Waals surface area contributed by atoms with E-state index in [9.17, 15) is 9.59 Å². The Morgan fingerprint density at radius 3 is 1.76 bits per heavy atom. The summed E-state index contributed by atoms with van der Waals surface area (Å²) in [6.45, 7) is 10.6. The zero-order chi connectivity index (χ0) is 20.8. The van der Waals surface area contributed by atoms with Gasteiger partial charge in [-0.2, -0.15) is 0 Å². The van der Waals surface area contributed by atoms with Crippen LogP contribution in [0.5, 0.6) is 0 Å². The molecular weight excluding hydrogens is 364 g/mol. The molecule has 0 radical (unpaired) electrons. The van der Waals surface area contributed by atoms with Crippen molar-refractivity contribution in [3.8, 4) is 0 Å². The van der Waals surface area contributed by atoms with Crippen molar-refractivity contribution in [3.63, 3.8) is 0 Å². The largest absolute Gasteiger partial charge is 0.369 e. The summed E-state index contributed by atoms with van der Waals surface area (Å²) in [4.78, 5) is 29.3. The molecule has 6 heteroatoms. The maximum Gasteiger partial charge on any atom is 0.269 e. The molecule has 154 valence electrons. The summed E-state index contributed by atoms with van der Waals surface area (Å²) < 4.78 is 0. The van der Waals surface area contributed by atoms with Gasteiger partial charge in [-0.15, -0.1) is 0 Å². The van der Waals surface area contributed by atoms with Crippen molar-refractivity contribution >= 4 is 17.5 Å². The molecule has 2 N–H and O–H groups in total. The quantitative estimate of drug-likeness (QED) is 0.766. The van der Waals surface area contributed by atoms with E-state index in [0.717, 1.165) is 43.9 Å². The molecule has 2 aromatic carbocycles. The van der Waals surface area contributed by atoms with E-state index in [2.05, 4.69) is 41.4 Å². The molecule has 2 aromatic rings. The second kappa shape index (κ2) is 9.56. The Kier molecular flexibility index (Phi) is 6.88. The van der Waals surface area contributed by atoms with Gasteiger partial charge in [-0.3, -0.25) is 25.3 Å². The molecule has 2 amide bonds. The van der Waals surface area contributed by atoms with Crippen LogP contribution in [0.1, 0.15) is 47.1 Å². The van der Waals surface area contributed by atoms with Crippen molar-refractivity contribution in [2.45, 2.75) is 33.2 Å². The second-order valence-electron chi connectivity index (χ2n) is 7.62. The van der Waals surface area contributed by atoms with Crippen LogP contribution < -0.4 is 15.8 Å². The number of nitrogens with one attached hydrogen (secondary N) is 2. The molecule has 0 bridgehead atoms. The summed E-state index contributed by atoms with van der Waals surface area (Å²) >= 11 is 0. The van der Waals surface area contributed by atoms with Crippen LogP contribution in [0.3, 0.4) is 0 Å². The number of anilines is 1. The van der Waals surface area contributed by atoms with Crippen LogP contribution in [-0.4, -0.2) is 48.9 Å². The van der Waals surface area contributed by atoms with Gasteiger partial charge in [-0.25, -0.2) is 0 Å². The molecule has 1 aliphatic heterocycles. The van der Waals surface area contributed by atoms with E-state index in [0.29, 0.717) is 17.2 Å². The number of amides is 2. The Bertz CT molecular complexity index is 823. The predicted molar refractivity (Wildman–Crippen MR) is 116 cm³/mol. The van der Waals surface area contributed by atoms with Crippen LogP contribution in [0.4, 0.5) is 5.69 Å².